The van der Waals surface area contributed by atoms with Crippen LogP contribution in [0.2, 0.25) is 0 Å². The second kappa shape index (κ2) is 14.7. The Morgan fingerprint density at radius 1 is 1.00 bits per heavy atom. The first kappa shape index (κ1) is 34.3. The van der Waals surface area contributed by atoms with E-state index in [0.717, 1.165) is 78.3 Å². The molecule has 2 aromatic rings. The molecule has 0 bridgehead atoms. The van der Waals surface area contributed by atoms with Crippen molar-refractivity contribution in [3.05, 3.63) is 52.1 Å². The lowest BCUT2D eigenvalue weighted by molar-refractivity contribution is 0.0944. The van der Waals surface area contributed by atoms with Crippen LogP contribution in [0, 0.1) is 11.3 Å². The van der Waals surface area contributed by atoms with Crippen LogP contribution in [0.4, 0.5) is 0 Å². The van der Waals surface area contributed by atoms with E-state index >= 15 is 0 Å². The van der Waals surface area contributed by atoms with E-state index in [-0.39, 0.29) is 29.2 Å². The van der Waals surface area contributed by atoms with E-state index in [1.165, 1.54) is 5.56 Å². The summed E-state index contributed by atoms with van der Waals surface area (Å²) in [5, 5.41) is 9.67. The van der Waals surface area contributed by atoms with Gasteiger partial charge in [0.05, 0.1) is 38.0 Å². The van der Waals surface area contributed by atoms with Crippen LogP contribution in [-0.2, 0) is 11.0 Å². The van der Waals surface area contributed by atoms with Crippen molar-refractivity contribution in [1.29, 1.82) is 5.26 Å². The molecule has 0 radical (unpaired) electrons. The number of amidine groups is 1. The van der Waals surface area contributed by atoms with E-state index in [9.17, 15) is 10.1 Å². The van der Waals surface area contributed by atoms with Crippen LogP contribution in [0.25, 0.3) is 0 Å². The molecule has 1 atom stereocenters. The second-order valence-corrected chi connectivity index (χ2v) is 13.3. The molecule has 4 rings (SSSR count). The number of ether oxygens (including phenoxy) is 3. The number of carbonyl (C=O) groups excluding carboxylic acids is 1. The van der Waals surface area contributed by atoms with E-state index in [1.807, 2.05) is 26.0 Å². The van der Waals surface area contributed by atoms with E-state index in [2.05, 4.69) is 64.6 Å². The Hall–Kier alpha value is -3.53. The first-order valence-electron chi connectivity index (χ1n) is 17.1. The Morgan fingerprint density at radius 3 is 2.24 bits per heavy atom. The largest absolute Gasteiger partial charge is 0.493 e. The van der Waals surface area contributed by atoms with Gasteiger partial charge >= 0.3 is 0 Å². The van der Waals surface area contributed by atoms with Gasteiger partial charge in [-0.15, -0.1) is 0 Å². The highest BCUT2D eigenvalue weighted by molar-refractivity contribution is 6.09. The van der Waals surface area contributed by atoms with Gasteiger partial charge in [0.2, 0.25) is 0 Å². The van der Waals surface area contributed by atoms with Crippen LogP contribution < -0.4 is 14.2 Å². The summed E-state index contributed by atoms with van der Waals surface area (Å²) >= 11 is 0. The summed E-state index contributed by atoms with van der Waals surface area (Å²) in [4.78, 5) is 21.8. The van der Waals surface area contributed by atoms with Crippen molar-refractivity contribution in [3.8, 4) is 23.3 Å². The standard InChI is InChI=1S/C38H53N3O4/c1-9-14-19-40-36-29-23-33(43-12-4)34(44-13-5)24-30(29)38(16-17-38)41(36)25-32(42)27-21-28(26(11-3)15-18-39)35(45-20-10-2)31(22-27)37(6,7)8/h21-24,26H,9-17,19-20,25H2,1-8H3. The smallest absolute Gasteiger partial charge is 0.182 e. The summed E-state index contributed by atoms with van der Waals surface area (Å²) in [5.74, 6) is 3.22. The molecule has 1 spiro atoms. The Labute approximate surface area is 271 Å². The monoisotopic (exact) mass is 615 g/mol. The highest BCUT2D eigenvalue weighted by Crippen LogP contribution is 2.58. The molecule has 1 aliphatic carbocycles. The van der Waals surface area contributed by atoms with Crippen LogP contribution in [0.3, 0.4) is 0 Å². The minimum Gasteiger partial charge on any atom is -0.493 e. The minimum atomic E-state index is -0.265. The van der Waals surface area contributed by atoms with Gasteiger partial charge in [0.25, 0.3) is 0 Å². The highest BCUT2D eigenvalue weighted by atomic mass is 16.5. The summed E-state index contributed by atoms with van der Waals surface area (Å²) in [5.41, 5.74) is 4.35. The lowest BCUT2D eigenvalue weighted by Crippen LogP contribution is -2.38. The molecule has 1 fully saturated rings. The number of nitrogens with zero attached hydrogens (tertiary/aromatic N) is 3. The third-order valence-corrected chi connectivity index (χ3v) is 8.97. The van der Waals surface area contributed by atoms with E-state index in [0.29, 0.717) is 38.3 Å². The maximum Gasteiger partial charge on any atom is 0.182 e. The second-order valence-electron chi connectivity index (χ2n) is 13.3. The molecule has 7 heteroatoms. The maximum absolute atomic E-state index is 14.5. The summed E-state index contributed by atoms with van der Waals surface area (Å²) in [6, 6.07) is 10.6. The van der Waals surface area contributed by atoms with Crippen molar-refractivity contribution in [3.63, 3.8) is 0 Å². The quantitative estimate of drug-likeness (QED) is 0.139. The van der Waals surface area contributed by atoms with Gasteiger partial charge in [-0.2, -0.15) is 5.26 Å². The predicted octanol–water partition coefficient (Wildman–Crippen LogP) is 8.71. The normalized spacial score (nSPS) is 16.4. The molecule has 0 amide bonds. The van der Waals surface area contributed by atoms with Gasteiger partial charge in [-0.3, -0.25) is 9.79 Å². The number of carbonyl (C=O) groups is 1. The van der Waals surface area contributed by atoms with Crippen molar-refractivity contribution in [1.82, 2.24) is 4.90 Å². The molecular formula is C38H53N3O4. The van der Waals surface area contributed by atoms with Crippen molar-refractivity contribution < 1.29 is 19.0 Å². The molecule has 2 aromatic carbocycles. The molecule has 1 heterocycles. The summed E-state index contributed by atoms with van der Waals surface area (Å²) in [6.07, 6.45) is 6.01. The van der Waals surface area contributed by atoms with Gasteiger partial charge in [-0.1, -0.05) is 48.0 Å². The number of nitriles is 1. The van der Waals surface area contributed by atoms with Crippen LogP contribution >= 0.6 is 0 Å². The molecule has 45 heavy (non-hydrogen) atoms. The lowest BCUT2D eigenvalue weighted by Gasteiger charge is -2.29. The predicted molar refractivity (Wildman–Crippen MR) is 181 cm³/mol. The Bertz CT molecular complexity index is 1430. The molecule has 7 nitrogen and oxygen atoms in total. The number of rotatable bonds is 16. The average Bonchev–Trinajstić information content (AvgIpc) is 3.78. The molecule has 1 saturated carbocycles. The van der Waals surface area contributed by atoms with Gasteiger partial charge in [-0.25, -0.2) is 0 Å². The Balaban J connectivity index is 1.82. The molecular weight excluding hydrogens is 562 g/mol. The van der Waals surface area contributed by atoms with E-state index in [4.69, 9.17) is 19.2 Å². The number of fused-ring (bicyclic) bond motifs is 2. The molecule has 0 aromatic heterocycles. The Kier molecular flexibility index (Phi) is 11.2. The zero-order chi connectivity index (χ0) is 32.8. The fraction of sp³-hybridized carbons (Fsp3) is 0.605. The topological polar surface area (TPSA) is 84.2 Å². The molecule has 1 aliphatic heterocycles. The highest BCUT2D eigenvalue weighted by Gasteiger charge is 2.57. The number of hydrogen-bond donors (Lipinski definition) is 0. The number of aliphatic imine (C=N–C) groups is 1. The van der Waals surface area contributed by atoms with E-state index in [1.54, 1.807) is 0 Å². The van der Waals surface area contributed by atoms with Gasteiger partial charge in [0, 0.05) is 35.6 Å². The zero-order valence-corrected chi connectivity index (χ0v) is 28.8. The average molecular weight is 616 g/mol. The van der Waals surface area contributed by atoms with Gasteiger partial charge in [0.1, 0.15) is 11.6 Å². The number of hydrogen-bond acceptors (Lipinski definition) is 6. The number of unbranched alkanes of at least 4 members (excludes halogenated alkanes) is 1. The third kappa shape index (κ3) is 7.16. The fourth-order valence-electron chi connectivity index (χ4n) is 6.41. The zero-order valence-electron chi connectivity index (χ0n) is 28.8. The number of ketones is 1. The third-order valence-electron chi connectivity index (χ3n) is 8.97. The minimum absolute atomic E-state index is 0.0123. The fourth-order valence-corrected chi connectivity index (χ4v) is 6.41. The van der Waals surface area contributed by atoms with Crippen molar-refractivity contribution in [2.75, 3.05) is 32.9 Å². The van der Waals surface area contributed by atoms with E-state index < -0.39 is 0 Å². The lowest BCUT2D eigenvalue weighted by atomic mass is 9.80. The van der Waals surface area contributed by atoms with Crippen molar-refractivity contribution >= 4 is 11.6 Å². The SMILES string of the molecule is CCCCN=C1c2cc(OCC)c(OCC)cc2C2(CC2)N1CC(=O)c1cc(C(CC)CC#N)c(OCCC)c(C(C)(C)C)c1. The van der Waals surface area contributed by atoms with Crippen molar-refractivity contribution in [2.24, 2.45) is 4.99 Å². The summed E-state index contributed by atoms with van der Waals surface area (Å²) in [7, 11) is 0. The van der Waals surface area contributed by atoms with Gasteiger partial charge < -0.3 is 19.1 Å². The van der Waals surface area contributed by atoms with Crippen LogP contribution in [0.15, 0.2) is 29.3 Å². The molecule has 2 aliphatic rings. The summed E-state index contributed by atoms with van der Waals surface area (Å²) in [6.45, 7) is 19.4. The van der Waals surface area contributed by atoms with Gasteiger partial charge in [-0.05, 0) is 86.8 Å². The van der Waals surface area contributed by atoms with Gasteiger partial charge in [0.15, 0.2) is 17.3 Å². The molecule has 1 unspecified atom stereocenters. The maximum atomic E-state index is 14.5. The van der Waals surface area contributed by atoms with Crippen molar-refractivity contribution in [2.45, 2.75) is 117 Å². The molecule has 0 N–H and O–H groups in total. The first-order chi connectivity index (χ1) is 21.6. The van der Waals surface area contributed by atoms with Crippen LogP contribution in [0.1, 0.15) is 139 Å². The summed E-state index contributed by atoms with van der Waals surface area (Å²) < 4.78 is 18.4. The molecule has 244 valence electrons. The number of Topliss-reactive ketones (excluding diaryl/α,β-unsaturated/α-hetero) is 1. The van der Waals surface area contributed by atoms with Crippen LogP contribution in [-0.4, -0.2) is 49.4 Å². The number of benzene rings is 2. The molecule has 0 saturated heterocycles. The Morgan fingerprint density at radius 2 is 1.69 bits per heavy atom. The first-order valence-corrected chi connectivity index (χ1v) is 17.1. The van der Waals surface area contributed by atoms with Crippen LogP contribution in [0.5, 0.6) is 17.2 Å².